The molecular weight excluding hydrogens is 305 g/mol. The van der Waals surface area contributed by atoms with Gasteiger partial charge in [-0.1, -0.05) is 23.7 Å². The zero-order valence-corrected chi connectivity index (χ0v) is 11.0. The number of benzene rings is 1. The van der Waals surface area contributed by atoms with E-state index in [2.05, 4.69) is 4.74 Å². The molecule has 0 amide bonds. The Morgan fingerprint density at radius 1 is 1.30 bits per heavy atom. The normalized spacial score (nSPS) is 13.8. The molecule has 0 aliphatic heterocycles. The van der Waals surface area contributed by atoms with Gasteiger partial charge >= 0.3 is 12.3 Å². The maximum Gasteiger partial charge on any atom is 0.330 e. The van der Waals surface area contributed by atoms with Gasteiger partial charge in [0.15, 0.2) is 0 Å². The number of ether oxygens (including phenoxy) is 1. The third kappa shape index (κ3) is 4.88. The van der Waals surface area contributed by atoms with Gasteiger partial charge in [0.25, 0.3) is 0 Å². The lowest BCUT2D eigenvalue weighted by Gasteiger charge is -2.18. The average Bonchev–Trinajstić information content (AvgIpc) is 2.34. The molecule has 1 unspecified atom stereocenters. The molecule has 0 aliphatic carbocycles. The highest BCUT2D eigenvalue weighted by Crippen LogP contribution is 2.23. The summed E-state index contributed by atoms with van der Waals surface area (Å²) in [4.78, 5) is 0. The number of nitrogens with two attached hydrogens (primary N) is 1. The first-order chi connectivity index (χ1) is 9.24. The van der Waals surface area contributed by atoms with Crippen LogP contribution in [0.4, 0.5) is 22.0 Å². The summed E-state index contributed by atoms with van der Waals surface area (Å²) in [7, 11) is 0. The van der Waals surface area contributed by atoms with Crippen molar-refractivity contribution in [2.45, 2.75) is 24.8 Å². The molecular formula is C12H13ClF5NO. The number of halogens is 6. The zero-order valence-electron chi connectivity index (χ0n) is 10.3. The smallest absolute Gasteiger partial charge is 0.330 e. The van der Waals surface area contributed by atoms with Gasteiger partial charge in [0.05, 0.1) is 11.6 Å². The largest absolute Gasteiger partial charge is 0.373 e. The molecule has 1 atom stereocenters. The minimum atomic E-state index is -4.21. The maximum absolute atomic E-state index is 13.1. The molecule has 1 aromatic rings. The summed E-state index contributed by atoms with van der Waals surface area (Å²) in [6, 6.07) is 3.35. The molecule has 0 spiro atoms. The third-order valence-corrected chi connectivity index (χ3v) is 2.88. The van der Waals surface area contributed by atoms with E-state index >= 15 is 0 Å². The molecule has 0 radical (unpaired) electrons. The summed E-state index contributed by atoms with van der Waals surface area (Å²) >= 11 is 5.69. The number of rotatable bonds is 7. The molecule has 0 bridgehead atoms. The predicted molar refractivity (Wildman–Crippen MR) is 64.9 cm³/mol. The maximum atomic E-state index is 13.1. The van der Waals surface area contributed by atoms with Crippen LogP contribution in [0.5, 0.6) is 0 Å². The van der Waals surface area contributed by atoms with E-state index in [1.807, 2.05) is 0 Å². The topological polar surface area (TPSA) is 35.2 Å². The van der Waals surface area contributed by atoms with Crippen LogP contribution in [0.1, 0.15) is 5.56 Å². The van der Waals surface area contributed by atoms with Crippen LogP contribution in [-0.2, 0) is 11.2 Å². The van der Waals surface area contributed by atoms with Gasteiger partial charge in [-0.15, -0.1) is 0 Å². The van der Waals surface area contributed by atoms with Crippen molar-refractivity contribution in [3.8, 4) is 0 Å². The van der Waals surface area contributed by atoms with Crippen molar-refractivity contribution in [3.63, 3.8) is 0 Å². The average molecular weight is 318 g/mol. The molecule has 0 aromatic heterocycles. The molecule has 2 N–H and O–H groups in total. The van der Waals surface area contributed by atoms with Crippen molar-refractivity contribution in [1.29, 1.82) is 0 Å². The monoisotopic (exact) mass is 317 g/mol. The lowest BCUT2D eigenvalue weighted by molar-refractivity contribution is -0.166. The van der Waals surface area contributed by atoms with E-state index in [1.165, 1.54) is 12.1 Å². The number of alkyl halides is 4. The summed E-state index contributed by atoms with van der Waals surface area (Å²) in [5.74, 6) is -4.84. The fraction of sp³-hybridized carbons (Fsp3) is 0.500. The van der Waals surface area contributed by atoms with Crippen molar-refractivity contribution >= 4 is 11.6 Å². The Kier molecular flexibility index (Phi) is 6.16. The van der Waals surface area contributed by atoms with Crippen molar-refractivity contribution in [1.82, 2.24) is 0 Å². The number of hydrogen-bond acceptors (Lipinski definition) is 2. The van der Waals surface area contributed by atoms with Crippen LogP contribution in [0.25, 0.3) is 0 Å². The predicted octanol–water partition coefficient (Wildman–Crippen LogP) is 3.27. The summed E-state index contributed by atoms with van der Waals surface area (Å²) in [6.07, 6.45) is -3.71. The van der Waals surface area contributed by atoms with Crippen LogP contribution in [0, 0.1) is 5.82 Å². The first kappa shape index (κ1) is 17.1. The zero-order chi connectivity index (χ0) is 15.3. The molecule has 1 rings (SSSR count). The Morgan fingerprint density at radius 3 is 2.55 bits per heavy atom. The molecule has 8 heteroatoms. The van der Waals surface area contributed by atoms with E-state index in [9.17, 15) is 22.0 Å². The van der Waals surface area contributed by atoms with Gasteiger partial charge in [0, 0.05) is 6.04 Å². The van der Waals surface area contributed by atoms with Crippen LogP contribution >= 0.6 is 11.6 Å². The Bertz CT molecular complexity index is 444. The van der Waals surface area contributed by atoms with Crippen molar-refractivity contribution in [2.24, 2.45) is 5.73 Å². The highest BCUT2D eigenvalue weighted by Gasteiger charge is 2.41. The van der Waals surface area contributed by atoms with Crippen LogP contribution in [0.15, 0.2) is 18.2 Å². The van der Waals surface area contributed by atoms with Crippen LogP contribution in [-0.4, -0.2) is 31.6 Å². The minimum Gasteiger partial charge on any atom is -0.373 e. The van der Waals surface area contributed by atoms with Gasteiger partial charge in [-0.2, -0.15) is 8.78 Å². The fourth-order valence-corrected chi connectivity index (χ4v) is 1.66. The van der Waals surface area contributed by atoms with Crippen molar-refractivity contribution in [2.75, 3.05) is 13.2 Å². The van der Waals surface area contributed by atoms with E-state index in [1.54, 1.807) is 0 Å². The second-order valence-electron chi connectivity index (χ2n) is 4.25. The second-order valence-corrected chi connectivity index (χ2v) is 4.63. The Hall–Kier alpha value is -0.920. The van der Waals surface area contributed by atoms with Crippen LogP contribution in [0.2, 0.25) is 5.02 Å². The van der Waals surface area contributed by atoms with E-state index in [-0.39, 0.29) is 18.1 Å². The Balaban J connectivity index is 2.45. The molecule has 1 aromatic carbocycles. The molecule has 0 saturated heterocycles. The SMILES string of the molecule is NC(COCC(F)(F)C(F)F)Cc1cccc(F)c1Cl. The summed E-state index contributed by atoms with van der Waals surface area (Å²) in [6.45, 7) is -1.79. The van der Waals surface area contributed by atoms with Crippen LogP contribution in [0.3, 0.4) is 0 Å². The molecule has 114 valence electrons. The highest BCUT2D eigenvalue weighted by molar-refractivity contribution is 6.31. The van der Waals surface area contributed by atoms with Crippen LogP contribution < -0.4 is 5.73 Å². The highest BCUT2D eigenvalue weighted by atomic mass is 35.5. The van der Waals surface area contributed by atoms with Gasteiger partial charge in [-0.05, 0) is 18.1 Å². The standard InChI is InChI=1S/C12H13ClF5NO/c13-10-7(2-1-3-9(10)14)4-8(19)5-20-6-12(17,18)11(15)16/h1-3,8,11H,4-6,19H2. The molecule has 0 fully saturated rings. The Labute approximate surface area is 117 Å². The first-order valence-corrected chi connectivity index (χ1v) is 6.04. The van der Waals surface area contributed by atoms with Gasteiger partial charge < -0.3 is 10.5 Å². The van der Waals surface area contributed by atoms with Gasteiger partial charge in [0.2, 0.25) is 0 Å². The molecule has 20 heavy (non-hydrogen) atoms. The fourth-order valence-electron chi connectivity index (χ4n) is 1.46. The Morgan fingerprint density at radius 2 is 1.95 bits per heavy atom. The third-order valence-electron chi connectivity index (χ3n) is 2.46. The van der Waals surface area contributed by atoms with Gasteiger partial charge in [0.1, 0.15) is 12.4 Å². The van der Waals surface area contributed by atoms with E-state index in [0.29, 0.717) is 5.56 Å². The lowest BCUT2D eigenvalue weighted by atomic mass is 10.1. The van der Waals surface area contributed by atoms with E-state index in [4.69, 9.17) is 17.3 Å². The van der Waals surface area contributed by atoms with E-state index in [0.717, 1.165) is 6.07 Å². The van der Waals surface area contributed by atoms with Crippen molar-refractivity contribution in [3.05, 3.63) is 34.6 Å². The molecule has 2 nitrogen and oxygen atoms in total. The molecule has 0 aliphatic rings. The summed E-state index contributed by atoms with van der Waals surface area (Å²) in [5, 5.41) is -0.110. The minimum absolute atomic E-state index is 0.0802. The number of hydrogen-bond donors (Lipinski definition) is 1. The molecule has 0 heterocycles. The molecule has 0 saturated carbocycles. The van der Waals surface area contributed by atoms with Crippen molar-refractivity contribution < 1.29 is 26.7 Å². The second kappa shape index (κ2) is 7.19. The summed E-state index contributed by atoms with van der Waals surface area (Å²) < 4.78 is 66.4. The van der Waals surface area contributed by atoms with Gasteiger partial charge in [-0.3, -0.25) is 0 Å². The van der Waals surface area contributed by atoms with Gasteiger partial charge in [-0.25, -0.2) is 13.2 Å². The summed E-state index contributed by atoms with van der Waals surface area (Å²) in [5.41, 5.74) is 5.98. The quantitative estimate of drug-likeness (QED) is 0.783. The first-order valence-electron chi connectivity index (χ1n) is 5.66. The lowest BCUT2D eigenvalue weighted by Crippen LogP contribution is -2.36. The van der Waals surface area contributed by atoms with E-state index < -0.39 is 30.8 Å².